The number of aromatic nitrogens is 1. The molecule has 23 heavy (non-hydrogen) atoms. The molecule has 0 amide bonds. The highest BCUT2D eigenvalue weighted by atomic mass is 32.1. The third-order valence-electron chi connectivity index (χ3n) is 3.83. The molecule has 1 fully saturated rings. The number of hydrogen-bond donors (Lipinski definition) is 1. The second-order valence-electron chi connectivity index (χ2n) is 5.29. The van der Waals surface area contributed by atoms with Crippen LogP contribution in [0.3, 0.4) is 0 Å². The number of nitro groups is 1. The molecule has 1 aliphatic heterocycles. The smallest absolute Gasteiger partial charge is 0.311 e. The van der Waals surface area contributed by atoms with E-state index in [4.69, 9.17) is 4.74 Å². The maximum absolute atomic E-state index is 11.2. The third kappa shape index (κ3) is 3.49. The Bertz CT molecular complexity index is 665. The fourth-order valence-corrected chi connectivity index (χ4v) is 3.46. The topological polar surface area (TPSA) is 88.7 Å². The van der Waals surface area contributed by atoms with Crippen molar-refractivity contribution in [2.45, 2.75) is 18.6 Å². The summed E-state index contributed by atoms with van der Waals surface area (Å²) in [5.41, 5.74) is -0.0231. The molecule has 0 saturated carbocycles. The summed E-state index contributed by atoms with van der Waals surface area (Å²) in [5, 5.41) is 23.5. The summed E-state index contributed by atoms with van der Waals surface area (Å²) in [6.07, 6.45) is 1.37. The molecule has 2 aromatic rings. The van der Waals surface area contributed by atoms with E-state index in [0.29, 0.717) is 32.0 Å². The monoisotopic (exact) mass is 335 g/mol. The van der Waals surface area contributed by atoms with Crippen LogP contribution in [0.15, 0.2) is 35.8 Å². The Morgan fingerprint density at radius 3 is 3.13 bits per heavy atom. The van der Waals surface area contributed by atoms with Gasteiger partial charge in [-0.2, -0.15) is 0 Å². The molecule has 0 aromatic carbocycles. The van der Waals surface area contributed by atoms with E-state index in [1.54, 1.807) is 12.3 Å². The molecule has 8 heteroatoms. The minimum atomic E-state index is -0.619. The van der Waals surface area contributed by atoms with Gasteiger partial charge in [-0.1, -0.05) is 6.07 Å². The Balaban J connectivity index is 1.83. The highest BCUT2D eigenvalue weighted by Gasteiger charge is 2.31. The van der Waals surface area contributed by atoms with Crippen molar-refractivity contribution in [2.24, 2.45) is 0 Å². The van der Waals surface area contributed by atoms with Crippen LogP contribution in [0.4, 0.5) is 11.5 Å². The number of morpholine rings is 1. The number of thiophene rings is 1. The second kappa shape index (κ2) is 7.03. The van der Waals surface area contributed by atoms with Crippen LogP contribution in [0.25, 0.3) is 0 Å². The summed E-state index contributed by atoms with van der Waals surface area (Å²) < 4.78 is 5.51. The Kier molecular flexibility index (Phi) is 4.85. The van der Waals surface area contributed by atoms with Gasteiger partial charge in [0.1, 0.15) is 0 Å². The minimum absolute atomic E-state index is 0.0231. The Hall–Kier alpha value is -2.03. The zero-order valence-corrected chi connectivity index (χ0v) is 13.2. The number of pyridine rings is 1. The third-order valence-corrected chi connectivity index (χ3v) is 4.80. The van der Waals surface area contributed by atoms with Gasteiger partial charge >= 0.3 is 5.69 Å². The van der Waals surface area contributed by atoms with Crippen LogP contribution < -0.4 is 4.90 Å². The summed E-state index contributed by atoms with van der Waals surface area (Å²) in [5.74, 6) is 0.337. The number of ether oxygens (including phenoxy) is 1. The molecule has 0 spiro atoms. The highest BCUT2D eigenvalue weighted by molar-refractivity contribution is 7.10. The van der Waals surface area contributed by atoms with Crippen molar-refractivity contribution in [3.63, 3.8) is 0 Å². The van der Waals surface area contributed by atoms with Gasteiger partial charge in [-0.3, -0.25) is 10.1 Å². The van der Waals surface area contributed by atoms with Crippen molar-refractivity contribution in [2.75, 3.05) is 24.7 Å². The van der Waals surface area contributed by atoms with E-state index in [1.807, 2.05) is 22.4 Å². The van der Waals surface area contributed by atoms with Gasteiger partial charge in [0.25, 0.3) is 0 Å². The number of aliphatic hydroxyl groups is 1. The molecule has 1 aliphatic rings. The first-order valence-corrected chi connectivity index (χ1v) is 8.20. The van der Waals surface area contributed by atoms with Crippen LogP contribution in [-0.2, 0) is 4.74 Å². The zero-order chi connectivity index (χ0) is 16.2. The van der Waals surface area contributed by atoms with Crippen LogP contribution in [0, 0.1) is 10.1 Å². The first kappa shape index (κ1) is 15.9. The molecular formula is C15H17N3O4S. The minimum Gasteiger partial charge on any atom is -0.387 e. The van der Waals surface area contributed by atoms with Crippen LogP contribution in [0.1, 0.15) is 17.4 Å². The maximum Gasteiger partial charge on any atom is 0.311 e. The number of hydrogen-bond acceptors (Lipinski definition) is 7. The first-order valence-electron chi connectivity index (χ1n) is 7.32. The van der Waals surface area contributed by atoms with Crippen molar-refractivity contribution >= 4 is 22.8 Å². The lowest BCUT2D eigenvalue weighted by molar-refractivity contribution is -0.384. The fraction of sp³-hybridized carbons (Fsp3) is 0.400. The molecule has 0 bridgehead atoms. The van der Waals surface area contributed by atoms with Gasteiger partial charge in [-0.05, 0) is 17.5 Å². The summed E-state index contributed by atoms with van der Waals surface area (Å²) in [6.45, 7) is 1.41. The number of aliphatic hydroxyl groups excluding tert-OH is 1. The fourth-order valence-electron chi connectivity index (χ4n) is 2.74. The van der Waals surface area contributed by atoms with Crippen molar-refractivity contribution in [1.82, 2.24) is 4.98 Å². The molecule has 1 saturated heterocycles. The predicted octanol–water partition coefficient (Wildman–Crippen LogP) is 2.38. The molecule has 3 heterocycles. The van der Waals surface area contributed by atoms with E-state index in [9.17, 15) is 15.2 Å². The summed E-state index contributed by atoms with van der Waals surface area (Å²) in [7, 11) is 0. The van der Waals surface area contributed by atoms with E-state index in [1.165, 1.54) is 17.4 Å². The molecule has 1 N–H and O–H groups in total. The van der Waals surface area contributed by atoms with E-state index in [-0.39, 0.29) is 11.7 Å². The lowest BCUT2D eigenvalue weighted by Crippen LogP contribution is -2.47. The molecule has 122 valence electrons. The lowest BCUT2D eigenvalue weighted by atomic mass is 10.1. The summed E-state index contributed by atoms with van der Waals surface area (Å²) in [6, 6.07) is 6.62. The molecule has 3 rings (SSSR count). The average molecular weight is 335 g/mol. The van der Waals surface area contributed by atoms with E-state index in [0.717, 1.165) is 4.88 Å². The number of rotatable bonds is 5. The maximum atomic E-state index is 11.2. The Morgan fingerprint density at radius 1 is 1.52 bits per heavy atom. The van der Waals surface area contributed by atoms with Crippen molar-refractivity contribution in [3.05, 3.63) is 50.8 Å². The van der Waals surface area contributed by atoms with Crippen LogP contribution in [0.2, 0.25) is 0 Å². The SMILES string of the molecule is O=[N+]([O-])c1cccnc1N1CCOCC1CC(O)c1cccs1. The molecule has 2 aromatic heterocycles. The van der Waals surface area contributed by atoms with Crippen LogP contribution >= 0.6 is 11.3 Å². The predicted molar refractivity (Wildman–Crippen MR) is 86.7 cm³/mol. The summed E-state index contributed by atoms with van der Waals surface area (Å²) in [4.78, 5) is 17.8. The van der Waals surface area contributed by atoms with E-state index < -0.39 is 11.0 Å². The van der Waals surface area contributed by atoms with Crippen LogP contribution in [-0.4, -0.2) is 40.8 Å². The molecule has 2 atom stereocenters. The van der Waals surface area contributed by atoms with Crippen molar-refractivity contribution in [3.8, 4) is 0 Å². The molecule has 0 aliphatic carbocycles. The van der Waals surface area contributed by atoms with Crippen molar-refractivity contribution in [1.29, 1.82) is 0 Å². The molecular weight excluding hydrogens is 318 g/mol. The van der Waals surface area contributed by atoms with Crippen molar-refractivity contribution < 1.29 is 14.8 Å². The number of anilines is 1. The lowest BCUT2D eigenvalue weighted by Gasteiger charge is -2.37. The quantitative estimate of drug-likeness (QED) is 0.666. The zero-order valence-electron chi connectivity index (χ0n) is 12.4. The standard InChI is InChI=1S/C15H17N3O4S/c19-13(14-4-2-8-23-14)9-11-10-22-7-6-17(11)15-12(18(20)21)3-1-5-16-15/h1-5,8,11,13,19H,6-7,9-10H2. The first-order chi connectivity index (χ1) is 11.2. The van der Waals surface area contributed by atoms with Gasteiger partial charge in [-0.15, -0.1) is 11.3 Å². The van der Waals surface area contributed by atoms with Gasteiger partial charge in [0.15, 0.2) is 0 Å². The average Bonchev–Trinajstić information content (AvgIpc) is 3.10. The Labute approximate surface area is 137 Å². The van der Waals surface area contributed by atoms with Gasteiger partial charge in [-0.25, -0.2) is 4.98 Å². The number of nitrogens with zero attached hydrogens (tertiary/aromatic N) is 3. The van der Waals surface area contributed by atoms with E-state index >= 15 is 0 Å². The highest BCUT2D eigenvalue weighted by Crippen LogP contribution is 2.32. The Morgan fingerprint density at radius 2 is 2.39 bits per heavy atom. The van der Waals surface area contributed by atoms with Gasteiger partial charge in [0.05, 0.1) is 30.3 Å². The van der Waals surface area contributed by atoms with E-state index in [2.05, 4.69) is 4.98 Å². The molecule has 0 radical (unpaired) electrons. The van der Waals surface area contributed by atoms with Crippen LogP contribution in [0.5, 0.6) is 0 Å². The van der Waals surface area contributed by atoms with Gasteiger partial charge in [0, 0.05) is 30.1 Å². The second-order valence-corrected chi connectivity index (χ2v) is 6.27. The normalized spacial score (nSPS) is 19.5. The van der Waals surface area contributed by atoms with Gasteiger partial charge in [0.2, 0.25) is 5.82 Å². The van der Waals surface area contributed by atoms with Gasteiger partial charge < -0.3 is 14.7 Å². The molecule has 7 nitrogen and oxygen atoms in total. The summed E-state index contributed by atoms with van der Waals surface area (Å²) >= 11 is 1.49. The largest absolute Gasteiger partial charge is 0.387 e. The molecule has 2 unspecified atom stereocenters.